The van der Waals surface area contributed by atoms with Gasteiger partial charge in [-0.05, 0) is 26.0 Å². The van der Waals surface area contributed by atoms with Crippen molar-refractivity contribution in [3.63, 3.8) is 0 Å². The second-order valence-corrected chi connectivity index (χ2v) is 3.48. The van der Waals surface area contributed by atoms with E-state index in [2.05, 4.69) is 9.97 Å². The van der Waals surface area contributed by atoms with Gasteiger partial charge in [0.1, 0.15) is 11.6 Å². The molecule has 0 atom stereocenters. The summed E-state index contributed by atoms with van der Waals surface area (Å²) in [6, 6.07) is 9.16. The first-order valence-electron chi connectivity index (χ1n) is 4.97. The highest BCUT2D eigenvalue weighted by Gasteiger charge is 2.08. The number of aromatic nitrogens is 2. The summed E-state index contributed by atoms with van der Waals surface area (Å²) in [5.74, 6) is 1.46. The summed E-state index contributed by atoms with van der Waals surface area (Å²) in [6.45, 7) is 3.49. The molecule has 0 saturated heterocycles. The first-order valence-corrected chi connectivity index (χ1v) is 4.97. The average Bonchev–Trinajstić information content (AvgIpc) is 2.25. The van der Waals surface area contributed by atoms with Gasteiger partial charge in [0.05, 0.1) is 5.69 Å². The van der Waals surface area contributed by atoms with Crippen molar-refractivity contribution in [1.82, 2.24) is 9.97 Å². The fourth-order valence-electron chi connectivity index (χ4n) is 1.44. The lowest BCUT2D eigenvalue weighted by molar-refractivity contribution is 0.466. The molecule has 0 spiro atoms. The SMILES string of the molecule is Cc1nc(C)c(Oc2ccccc2)c(=O)[nH]1. The zero-order valence-electron chi connectivity index (χ0n) is 9.15. The van der Waals surface area contributed by atoms with Crippen LogP contribution in [0.15, 0.2) is 35.1 Å². The monoisotopic (exact) mass is 216 g/mol. The van der Waals surface area contributed by atoms with Crippen LogP contribution < -0.4 is 10.3 Å². The topological polar surface area (TPSA) is 55.0 Å². The van der Waals surface area contributed by atoms with Crippen LogP contribution in [0.1, 0.15) is 11.5 Å². The Labute approximate surface area is 92.9 Å². The average molecular weight is 216 g/mol. The minimum absolute atomic E-state index is 0.247. The van der Waals surface area contributed by atoms with E-state index < -0.39 is 0 Å². The standard InChI is InChI=1S/C12H12N2O2/c1-8-11(12(15)14-9(2)13-8)16-10-6-4-3-5-7-10/h3-7H,1-2H3,(H,13,14,15). The van der Waals surface area contributed by atoms with E-state index in [4.69, 9.17) is 4.74 Å². The Bertz CT molecular complexity index is 547. The molecule has 82 valence electrons. The molecule has 4 nitrogen and oxygen atoms in total. The third-order valence-corrected chi connectivity index (χ3v) is 2.13. The van der Waals surface area contributed by atoms with Crippen molar-refractivity contribution >= 4 is 0 Å². The fourth-order valence-corrected chi connectivity index (χ4v) is 1.44. The minimum atomic E-state index is -0.256. The first kappa shape index (κ1) is 10.4. The zero-order valence-corrected chi connectivity index (χ0v) is 9.15. The number of hydrogen-bond acceptors (Lipinski definition) is 3. The van der Waals surface area contributed by atoms with E-state index in [1.807, 2.05) is 18.2 Å². The zero-order chi connectivity index (χ0) is 11.5. The highest BCUT2D eigenvalue weighted by molar-refractivity contribution is 5.31. The molecule has 0 fully saturated rings. The number of rotatable bonds is 2. The minimum Gasteiger partial charge on any atom is -0.450 e. The summed E-state index contributed by atoms with van der Waals surface area (Å²) in [6.07, 6.45) is 0. The van der Waals surface area contributed by atoms with Gasteiger partial charge in [-0.15, -0.1) is 0 Å². The molecule has 4 heteroatoms. The van der Waals surface area contributed by atoms with E-state index in [9.17, 15) is 4.79 Å². The first-order chi connectivity index (χ1) is 7.66. The smallest absolute Gasteiger partial charge is 0.294 e. The van der Waals surface area contributed by atoms with Gasteiger partial charge in [-0.25, -0.2) is 4.98 Å². The van der Waals surface area contributed by atoms with Gasteiger partial charge < -0.3 is 9.72 Å². The molecule has 16 heavy (non-hydrogen) atoms. The number of H-pyrrole nitrogens is 1. The van der Waals surface area contributed by atoms with Crippen LogP contribution >= 0.6 is 0 Å². The summed E-state index contributed by atoms with van der Waals surface area (Å²) in [5.41, 5.74) is 0.332. The predicted octanol–water partition coefficient (Wildman–Crippen LogP) is 2.18. The third-order valence-electron chi connectivity index (χ3n) is 2.13. The van der Waals surface area contributed by atoms with E-state index in [-0.39, 0.29) is 11.3 Å². The van der Waals surface area contributed by atoms with Crippen molar-refractivity contribution < 1.29 is 4.74 Å². The van der Waals surface area contributed by atoms with Crippen molar-refractivity contribution in [2.75, 3.05) is 0 Å². The van der Waals surface area contributed by atoms with Crippen molar-refractivity contribution in [3.8, 4) is 11.5 Å². The fraction of sp³-hybridized carbons (Fsp3) is 0.167. The van der Waals surface area contributed by atoms with E-state index in [1.165, 1.54) is 0 Å². The number of benzene rings is 1. The van der Waals surface area contributed by atoms with E-state index in [0.29, 0.717) is 17.3 Å². The lowest BCUT2D eigenvalue weighted by Gasteiger charge is -2.07. The number of aromatic amines is 1. The van der Waals surface area contributed by atoms with Crippen LogP contribution in [0.25, 0.3) is 0 Å². The maximum absolute atomic E-state index is 11.6. The summed E-state index contributed by atoms with van der Waals surface area (Å²) in [7, 11) is 0. The van der Waals surface area contributed by atoms with Crippen LogP contribution in [0.5, 0.6) is 11.5 Å². The quantitative estimate of drug-likeness (QED) is 0.837. The van der Waals surface area contributed by atoms with Crippen LogP contribution in [0.2, 0.25) is 0 Å². The van der Waals surface area contributed by atoms with E-state index >= 15 is 0 Å². The number of aryl methyl sites for hydroxylation is 2. The van der Waals surface area contributed by atoms with Crippen LogP contribution in [-0.4, -0.2) is 9.97 Å². The Morgan fingerprint density at radius 3 is 2.50 bits per heavy atom. The number of ether oxygens (including phenoxy) is 1. The molecule has 2 aromatic rings. The number of hydrogen-bond donors (Lipinski definition) is 1. The predicted molar refractivity (Wildman–Crippen MR) is 60.8 cm³/mol. The molecule has 0 unspecified atom stereocenters. The van der Waals surface area contributed by atoms with Crippen molar-refractivity contribution in [2.45, 2.75) is 13.8 Å². The van der Waals surface area contributed by atoms with Crippen LogP contribution in [0.4, 0.5) is 0 Å². The molecule has 0 saturated carbocycles. The Morgan fingerprint density at radius 1 is 1.19 bits per heavy atom. The Morgan fingerprint density at radius 2 is 1.88 bits per heavy atom. The second kappa shape index (κ2) is 4.18. The van der Waals surface area contributed by atoms with Gasteiger partial charge in [0.25, 0.3) is 5.56 Å². The molecular weight excluding hydrogens is 204 g/mol. The Balaban J connectivity index is 2.39. The lowest BCUT2D eigenvalue weighted by Crippen LogP contribution is -2.13. The van der Waals surface area contributed by atoms with Gasteiger partial charge >= 0.3 is 0 Å². The molecule has 0 aliphatic carbocycles. The van der Waals surface area contributed by atoms with Crippen LogP contribution in [-0.2, 0) is 0 Å². The molecule has 0 bridgehead atoms. The van der Waals surface area contributed by atoms with Crippen molar-refractivity contribution in [2.24, 2.45) is 0 Å². The summed E-state index contributed by atoms with van der Waals surface area (Å²) in [5, 5.41) is 0. The van der Waals surface area contributed by atoms with Gasteiger partial charge in [0.2, 0.25) is 5.75 Å². The van der Waals surface area contributed by atoms with Gasteiger partial charge in [0, 0.05) is 0 Å². The van der Waals surface area contributed by atoms with Crippen molar-refractivity contribution in [3.05, 3.63) is 52.2 Å². The van der Waals surface area contributed by atoms with Crippen molar-refractivity contribution in [1.29, 1.82) is 0 Å². The molecule has 0 amide bonds. The van der Waals surface area contributed by atoms with Gasteiger partial charge in [0.15, 0.2) is 0 Å². The highest BCUT2D eigenvalue weighted by Crippen LogP contribution is 2.19. The number of para-hydroxylation sites is 1. The van der Waals surface area contributed by atoms with Gasteiger partial charge in [-0.3, -0.25) is 4.79 Å². The summed E-state index contributed by atoms with van der Waals surface area (Å²) >= 11 is 0. The molecule has 0 aliphatic rings. The number of nitrogens with zero attached hydrogens (tertiary/aromatic N) is 1. The molecule has 2 rings (SSSR count). The molecule has 1 aromatic heterocycles. The highest BCUT2D eigenvalue weighted by atomic mass is 16.5. The molecule has 1 N–H and O–H groups in total. The lowest BCUT2D eigenvalue weighted by atomic mass is 10.3. The Hall–Kier alpha value is -2.10. The van der Waals surface area contributed by atoms with Gasteiger partial charge in [-0.1, -0.05) is 18.2 Å². The molecule has 1 heterocycles. The molecule has 1 aromatic carbocycles. The maximum atomic E-state index is 11.6. The molecule has 0 aliphatic heterocycles. The molecule has 0 radical (unpaired) electrons. The molecular formula is C12H12N2O2. The summed E-state index contributed by atoms with van der Waals surface area (Å²) in [4.78, 5) is 18.4. The van der Waals surface area contributed by atoms with Crippen LogP contribution in [0, 0.1) is 13.8 Å². The largest absolute Gasteiger partial charge is 0.450 e. The Kier molecular flexibility index (Phi) is 2.72. The maximum Gasteiger partial charge on any atom is 0.294 e. The normalized spacial score (nSPS) is 10.1. The third kappa shape index (κ3) is 2.11. The van der Waals surface area contributed by atoms with E-state index in [1.54, 1.807) is 26.0 Å². The number of nitrogens with one attached hydrogen (secondary N) is 1. The van der Waals surface area contributed by atoms with Crippen LogP contribution in [0.3, 0.4) is 0 Å². The summed E-state index contributed by atoms with van der Waals surface area (Å²) < 4.78 is 5.49. The van der Waals surface area contributed by atoms with Gasteiger partial charge in [-0.2, -0.15) is 0 Å². The van der Waals surface area contributed by atoms with E-state index in [0.717, 1.165) is 0 Å². The second-order valence-electron chi connectivity index (χ2n) is 3.48.